The molecule has 0 saturated heterocycles. The molecular weight excluding hydrogens is 333 g/mol. The number of benzene rings is 2. The highest BCUT2D eigenvalue weighted by Crippen LogP contribution is 2.41. The van der Waals surface area contributed by atoms with Crippen molar-refractivity contribution < 1.29 is 13.9 Å². The second-order valence-corrected chi connectivity index (χ2v) is 5.76. The van der Waals surface area contributed by atoms with Crippen LogP contribution in [0.2, 0.25) is 5.02 Å². The lowest BCUT2D eigenvalue weighted by Crippen LogP contribution is -2.31. The van der Waals surface area contributed by atoms with E-state index >= 15 is 0 Å². The Balaban J connectivity index is 2.00. The molecule has 2 aromatic rings. The number of rotatable bonds is 4. The molecule has 5 nitrogen and oxygen atoms in total. The van der Waals surface area contributed by atoms with Crippen molar-refractivity contribution in [3.05, 3.63) is 46.7 Å². The van der Waals surface area contributed by atoms with Crippen LogP contribution >= 0.6 is 11.6 Å². The summed E-state index contributed by atoms with van der Waals surface area (Å²) in [4.78, 5) is 6.33. The maximum absolute atomic E-state index is 13.4. The van der Waals surface area contributed by atoms with Crippen molar-refractivity contribution in [2.24, 2.45) is 4.99 Å². The Morgan fingerprint density at radius 1 is 1.17 bits per heavy atom. The quantitative estimate of drug-likeness (QED) is 0.898. The zero-order valence-electron chi connectivity index (χ0n) is 13.5. The van der Waals surface area contributed by atoms with Crippen LogP contribution in [-0.4, -0.2) is 32.5 Å². The number of halogens is 2. The zero-order valence-corrected chi connectivity index (χ0v) is 14.3. The monoisotopic (exact) mass is 349 g/mol. The summed E-state index contributed by atoms with van der Waals surface area (Å²) in [6.45, 7) is 0. The highest BCUT2D eigenvalue weighted by Gasteiger charge is 2.24. The van der Waals surface area contributed by atoms with Crippen molar-refractivity contribution in [2.75, 3.05) is 26.6 Å². The molecular formula is C17H17ClFN3O2. The lowest BCUT2D eigenvalue weighted by molar-refractivity contribution is 0.352. The molecule has 1 N–H and O–H groups in total. The fourth-order valence-corrected chi connectivity index (χ4v) is 2.76. The summed E-state index contributed by atoms with van der Waals surface area (Å²) < 4.78 is 24.0. The van der Waals surface area contributed by atoms with Gasteiger partial charge in [0.05, 0.1) is 31.3 Å². The van der Waals surface area contributed by atoms with Gasteiger partial charge < -0.3 is 19.7 Å². The number of nitrogens with zero attached hydrogens (tertiary/aromatic N) is 2. The molecule has 0 saturated carbocycles. The molecule has 0 aromatic heterocycles. The minimum absolute atomic E-state index is 0.0691. The Morgan fingerprint density at radius 3 is 2.54 bits per heavy atom. The third-order valence-corrected chi connectivity index (χ3v) is 4.13. The first-order valence-corrected chi connectivity index (χ1v) is 7.65. The van der Waals surface area contributed by atoms with E-state index < -0.39 is 5.82 Å². The average Bonchev–Trinajstić information content (AvgIpc) is 2.59. The lowest BCUT2D eigenvalue weighted by atomic mass is 10.1. The highest BCUT2D eigenvalue weighted by molar-refractivity contribution is 6.31. The van der Waals surface area contributed by atoms with Crippen LogP contribution in [0.25, 0.3) is 0 Å². The molecule has 3 rings (SSSR count). The van der Waals surface area contributed by atoms with Gasteiger partial charge in [-0.15, -0.1) is 0 Å². The van der Waals surface area contributed by atoms with Gasteiger partial charge in [-0.1, -0.05) is 11.6 Å². The van der Waals surface area contributed by atoms with Gasteiger partial charge >= 0.3 is 0 Å². The van der Waals surface area contributed by atoms with E-state index in [0.717, 1.165) is 11.3 Å². The van der Waals surface area contributed by atoms with Gasteiger partial charge in [0.15, 0.2) is 11.5 Å². The highest BCUT2D eigenvalue weighted by atomic mass is 35.5. The molecule has 0 amide bonds. The SMILES string of the molecule is COc1cc2c(cc1OC)C(Nc1ccc(F)c(Cl)c1)N(C)C=N2. The van der Waals surface area contributed by atoms with Crippen molar-refractivity contribution in [3.8, 4) is 11.5 Å². The molecule has 7 heteroatoms. The predicted octanol–water partition coefficient (Wildman–Crippen LogP) is 4.21. The molecule has 0 fully saturated rings. The molecule has 0 radical (unpaired) electrons. The summed E-state index contributed by atoms with van der Waals surface area (Å²) in [5, 5.41) is 3.40. The average molecular weight is 350 g/mol. The Bertz CT molecular complexity index is 798. The maximum Gasteiger partial charge on any atom is 0.162 e. The molecule has 1 aliphatic heterocycles. The van der Waals surface area contributed by atoms with Crippen LogP contribution < -0.4 is 14.8 Å². The van der Waals surface area contributed by atoms with E-state index in [0.29, 0.717) is 17.2 Å². The van der Waals surface area contributed by atoms with E-state index in [1.54, 1.807) is 32.7 Å². The Hall–Kier alpha value is -2.47. The van der Waals surface area contributed by atoms with E-state index in [2.05, 4.69) is 10.3 Å². The number of anilines is 1. The van der Waals surface area contributed by atoms with E-state index in [1.807, 2.05) is 24.1 Å². The van der Waals surface area contributed by atoms with E-state index in [9.17, 15) is 4.39 Å². The largest absolute Gasteiger partial charge is 0.493 e. The minimum atomic E-state index is -0.451. The molecule has 126 valence electrons. The van der Waals surface area contributed by atoms with Gasteiger partial charge in [0.25, 0.3) is 0 Å². The molecule has 1 heterocycles. The summed E-state index contributed by atoms with van der Waals surface area (Å²) in [6, 6.07) is 8.23. The smallest absolute Gasteiger partial charge is 0.162 e. The van der Waals surface area contributed by atoms with Crippen molar-refractivity contribution in [1.82, 2.24) is 4.90 Å². The Morgan fingerprint density at radius 2 is 1.88 bits per heavy atom. The van der Waals surface area contributed by atoms with E-state index in [1.165, 1.54) is 6.07 Å². The summed E-state index contributed by atoms with van der Waals surface area (Å²) in [5.41, 5.74) is 2.39. The summed E-state index contributed by atoms with van der Waals surface area (Å²) in [7, 11) is 5.06. The topological polar surface area (TPSA) is 46.1 Å². The first kappa shape index (κ1) is 16.4. The fourth-order valence-electron chi connectivity index (χ4n) is 2.58. The van der Waals surface area contributed by atoms with Crippen LogP contribution in [-0.2, 0) is 0 Å². The fraction of sp³-hybridized carbons (Fsp3) is 0.235. The number of ether oxygens (including phenoxy) is 2. The van der Waals surface area contributed by atoms with Crippen LogP contribution in [0.3, 0.4) is 0 Å². The minimum Gasteiger partial charge on any atom is -0.493 e. The van der Waals surface area contributed by atoms with Crippen molar-refractivity contribution in [2.45, 2.75) is 6.17 Å². The molecule has 1 unspecified atom stereocenters. The van der Waals surface area contributed by atoms with Crippen LogP contribution in [0.4, 0.5) is 15.8 Å². The predicted molar refractivity (Wildman–Crippen MR) is 93.2 cm³/mol. The van der Waals surface area contributed by atoms with Crippen LogP contribution in [0, 0.1) is 5.82 Å². The summed E-state index contributed by atoms with van der Waals surface area (Å²) in [6.07, 6.45) is 1.51. The van der Waals surface area contributed by atoms with Gasteiger partial charge in [0.1, 0.15) is 12.0 Å². The standard InChI is InChI=1S/C17H17ClFN3O2/c1-22-9-20-14-8-16(24-3)15(23-2)7-11(14)17(22)21-10-4-5-13(19)12(18)6-10/h4-9,17,21H,1-3H3. The molecule has 0 aliphatic carbocycles. The molecule has 1 aliphatic rings. The van der Waals surface area contributed by atoms with Gasteiger partial charge in [0.2, 0.25) is 0 Å². The molecule has 24 heavy (non-hydrogen) atoms. The van der Waals surface area contributed by atoms with Crippen LogP contribution in [0.1, 0.15) is 11.7 Å². The number of methoxy groups -OCH3 is 2. The van der Waals surface area contributed by atoms with Gasteiger partial charge in [-0.25, -0.2) is 9.38 Å². The second-order valence-electron chi connectivity index (χ2n) is 5.35. The normalized spacial score (nSPS) is 15.9. The van der Waals surface area contributed by atoms with Crippen LogP contribution in [0.15, 0.2) is 35.3 Å². The van der Waals surface area contributed by atoms with Gasteiger partial charge in [-0.05, 0) is 24.3 Å². The van der Waals surface area contributed by atoms with Gasteiger partial charge in [0, 0.05) is 24.4 Å². The summed E-state index contributed by atoms with van der Waals surface area (Å²) in [5.74, 6) is 0.778. The Labute approximate surface area is 144 Å². The van der Waals surface area contributed by atoms with Crippen molar-refractivity contribution in [1.29, 1.82) is 0 Å². The van der Waals surface area contributed by atoms with E-state index in [4.69, 9.17) is 21.1 Å². The number of hydrogen-bond donors (Lipinski definition) is 1. The zero-order chi connectivity index (χ0) is 17.3. The summed E-state index contributed by atoms with van der Waals surface area (Å²) >= 11 is 5.86. The number of aliphatic imine (C=N–C) groups is 1. The number of fused-ring (bicyclic) bond motifs is 1. The van der Waals surface area contributed by atoms with Gasteiger partial charge in [-0.2, -0.15) is 0 Å². The molecule has 2 aromatic carbocycles. The molecule has 0 bridgehead atoms. The first-order chi connectivity index (χ1) is 11.5. The third-order valence-electron chi connectivity index (χ3n) is 3.84. The molecule has 0 spiro atoms. The van der Waals surface area contributed by atoms with Crippen molar-refractivity contribution >= 4 is 29.3 Å². The number of nitrogens with one attached hydrogen (secondary N) is 1. The molecule has 1 atom stereocenters. The second kappa shape index (κ2) is 6.57. The first-order valence-electron chi connectivity index (χ1n) is 7.27. The number of hydrogen-bond acceptors (Lipinski definition) is 5. The van der Waals surface area contributed by atoms with Gasteiger partial charge in [-0.3, -0.25) is 0 Å². The van der Waals surface area contributed by atoms with E-state index in [-0.39, 0.29) is 11.2 Å². The van der Waals surface area contributed by atoms with Crippen LogP contribution in [0.5, 0.6) is 11.5 Å². The Kier molecular flexibility index (Phi) is 4.49. The lowest BCUT2D eigenvalue weighted by Gasteiger charge is -2.32. The maximum atomic E-state index is 13.4. The third kappa shape index (κ3) is 2.97. The van der Waals surface area contributed by atoms with Crippen molar-refractivity contribution in [3.63, 3.8) is 0 Å².